The molecular formula is C13H22N4O2. The van der Waals surface area contributed by atoms with Crippen molar-refractivity contribution in [1.82, 2.24) is 19.7 Å². The van der Waals surface area contributed by atoms with Gasteiger partial charge in [-0.3, -0.25) is 4.90 Å². The fraction of sp³-hybridized carbons (Fsp3) is 0.846. The molecule has 2 N–H and O–H groups in total. The quantitative estimate of drug-likeness (QED) is 0.794. The van der Waals surface area contributed by atoms with Gasteiger partial charge in [-0.05, 0) is 19.3 Å². The van der Waals surface area contributed by atoms with E-state index in [4.69, 9.17) is 0 Å². The van der Waals surface area contributed by atoms with Crippen LogP contribution in [0.5, 0.6) is 0 Å². The molecule has 0 radical (unpaired) electrons. The van der Waals surface area contributed by atoms with E-state index in [1.807, 2.05) is 7.05 Å². The van der Waals surface area contributed by atoms with Crippen molar-refractivity contribution in [3.63, 3.8) is 0 Å². The molecule has 106 valence electrons. The number of piperidine rings is 1. The van der Waals surface area contributed by atoms with E-state index in [-0.39, 0.29) is 18.6 Å². The van der Waals surface area contributed by atoms with Crippen molar-refractivity contribution >= 4 is 0 Å². The van der Waals surface area contributed by atoms with Crippen LogP contribution >= 0.6 is 0 Å². The Bertz CT molecular complexity index is 444. The normalized spacial score (nSPS) is 28.8. The Balaban J connectivity index is 1.64. The van der Waals surface area contributed by atoms with Crippen molar-refractivity contribution in [2.24, 2.45) is 13.0 Å². The lowest BCUT2D eigenvalue weighted by molar-refractivity contribution is -0.00297. The molecule has 1 aromatic heterocycles. The highest BCUT2D eigenvalue weighted by molar-refractivity contribution is 5.07. The van der Waals surface area contributed by atoms with Crippen LogP contribution in [0.2, 0.25) is 0 Å². The Morgan fingerprint density at radius 2 is 2.05 bits per heavy atom. The van der Waals surface area contributed by atoms with Crippen LogP contribution in [-0.2, 0) is 13.6 Å². The van der Waals surface area contributed by atoms with Gasteiger partial charge >= 0.3 is 0 Å². The fourth-order valence-electron chi connectivity index (χ4n) is 2.83. The number of nitrogens with zero attached hydrogens (tertiary/aromatic N) is 4. The van der Waals surface area contributed by atoms with E-state index in [1.54, 1.807) is 0 Å². The number of hydrogen-bond acceptors (Lipinski definition) is 5. The molecular weight excluding hydrogens is 244 g/mol. The summed E-state index contributed by atoms with van der Waals surface area (Å²) in [6, 6.07) is 0. The van der Waals surface area contributed by atoms with Gasteiger partial charge in [-0.2, -0.15) is 0 Å². The first-order chi connectivity index (χ1) is 9.19. The number of hydrogen-bond donors (Lipinski definition) is 2. The summed E-state index contributed by atoms with van der Waals surface area (Å²) < 4.78 is 2.11. The highest BCUT2D eigenvalue weighted by atomic mass is 16.3. The van der Waals surface area contributed by atoms with Gasteiger partial charge in [0.25, 0.3) is 0 Å². The van der Waals surface area contributed by atoms with Gasteiger partial charge in [0.1, 0.15) is 11.6 Å². The van der Waals surface area contributed by atoms with Crippen LogP contribution < -0.4 is 0 Å². The molecule has 2 atom stereocenters. The monoisotopic (exact) mass is 266 g/mol. The molecule has 0 spiro atoms. The largest absolute Gasteiger partial charge is 0.396 e. The molecule has 0 amide bonds. The van der Waals surface area contributed by atoms with E-state index < -0.39 is 0 Å². The Morgan fingerprint density at radius 3 is 2.74 bits per heavy atom. The van der Waals surface area contributed by atoms with Gasteiger partial charge in [0.15, 0.2) is 0 Å². The zero-order chi connectivity index (χ0) is 13.4. The maximum Gasteiger partial charge on any atom is 0.146 e. The predicted octanol–water partition coefficient (Wildman–Crippen LogP) is -0.132. The Morgan fingerprint density at radius 1 is 1.26 bits per heavy atom. The van der Waals surface area contributed by atoms with Gasteiger partial charge in [0.05, 0.1) is 12.6 Å². The third-order valence-electron chi connectivity index (χ3n) is 4.32. The zero-order valence-corrected chi connectivity index (χ0v) is 11.4. The van der Waals surface area contributed by atoms with E-state index in [1.165, 1.54) is 12.8 Å². The maximum atomic E-state index is 9.77. The van der Waals surface area contributed by atoms with Crippen molar-refractivity contribution in [1.29, 1.82) is 0 Å². The van der Waals surface area contributed by atoms with Crippen LogP contribution in [0.25, 0.3) is 0 Å². The molecule has 2 fully saturated rings. The second kappa shape index (κ2) is 5.19. The second-order valence-electron chi connectivity index (χ2n) is 5.84. The van der Waals surface area contributed by atoms with Crippen LogP contribution in [0.1, 0.15) is 36.8 Å². The van der Waals surface area contributed by atoms with Gasteiger partial charge in [0, 0.05) is 38.6 Å². The summed E-state index contributed by atoms with van der Waals surface area (Å²) in [6.07, 6.45) is 2.81. The molecule has 0 bridgehead atoms. The molecule has 3 rings (SSSR count). The van der Waals surface area contributed by atoms with Crippen LogP contribution in [0.4, 0.5) is 0 Å². The summed E-state index contributed by atoms with van der Waals surface area (Å²) in [7, 11) is 2.03. The number of rotatable bonds is 4. The predicted molar refractivity (Wildman–Crippen MR) is 69.5 cm³/mol. The molecule has 2 aliphatic rings. The van der Waals surface area contributed by atoms with E-state index in [0.29, 0.717) is 5.92 Å². The van der Waals surface area contributed by atoms with Crippen LogP contribution in [0, 0.1) is 5.92 Å². The second-order valence-corrected chi connectivity index (χ2v) is 5.84. The smallest absolute Gasteiger partial charge is 0.146 e. The maximum absolute atomic E-state index is 9.77. The van der Waals surface area contributed by atoms with E-state index in [2.05, 4.69) is 19.7 Å². The molecule has 1 aliphatic carbocycles. The Hall–Kier alpha value is -0.980. The fourth-order valence-corrected chi connectivity index (χ4v) is 2.83. The van der Waals surface area contributed by atoms with Gasteiger partial charge in [0.2, 0.25) is 0 Å². The summed E-state index contributed by atoms with van der Waals surface area (Å²) in [5.41, 5.74) is 0. The molecule has 0 aromatic carbocycles. The standard InChI is InChI=1S/C13H22N4O2/c1-16-12(14-15-13(16)9-2-3-9)7-17-5-4-11(19)10(6-17)8-18/h9-11,18-19H,2-8H2,1H3. The van der Waals surface area contributed by atoms with E-state index in [9.17, 15) is 10.2 Å². The minimum absolute atomic E-state index is 0.0371. The number of aromatic nitrogens is 3. The van der Waals surface area contributed by atoms with Crippen molar-refractivity contribution in [2.45, 2.75) is 37.8 Å². The molecule has 2 heterocycles. The third kappa shape index (κ3) is 2.66. The van der Waals surface area contributed by atoms with Gasteiger partial charge in [-0.1, -0.05) is 0 Å². The van der Waals surface area contributed by atoms with Crippen LogP contribution in [-0.4, -0.2) is 55.7 Å². The summed E-state index contributed by atoms with van der Waals surface area (Å²) in [6.45, 7) is 2.37. The molecule has 1 aromatic rings. The summed E-state index contributed by atoms with van der Waals surface area (Å²) in [4.78, 5) is 2.24. The van der Waals surface area contributed by atoms with Crippen molar-refractivity contribution in [2.75, 3.05) is 19.7 Å². The highest BCUT2D eigenvalue weighted by Gasteiger charge is 2.31. The minimum Gasteiger partial charge on any atom is -0.396 e. The molecule has 19 heavy (non-hydrogen) atoms. The molecule has 1 saturated heterocycles. The van der Waals surface area contributed by atoms with Crippen molar-refractivity contribution in [3.05, 3.63) is 11.6 Å². The minimum atomic E-state index is -0.372. The topological polar surface area (TPSA) is 74.4 Å². The van der Waals surface area contributed by atoms with Crippen molar-refractivity contribution in [3.8, 4) is 0 Å². The lowest BCUT2D eigenvalue weighted by Crippen LogP contribution is -2.44. The first kappa shape index (κ1) is 13.0. The van der Waals surface area contributed by atoms with Crippen molar-refractivity contribution < 1.29 is 10.2 Å². The van der Waals surface area contributed by atoms with Gasteiger partial charge in [-0.15, -0.1) is 10.2 Å². The number of likely N-dealkylation sites (tertiary alicyclic amines) is 1. The molecule has 1 aliphatic heterocycles. The van der Waals surface area contributed by atoms with Gasteiger partial charge < -0.3 is 14.8 Å². The average Bonchev–Trinajstić information content (AvgIpc) is 3.18. The molecule has 2 unspecified atom stereocenters. The Kier molecular flexibility index (Phi) is 3.56. The molecule has 6 nitrogen and oxygen atoms in total. The molecule has 6 heteroatoms. The van der Waals surface area contributed by atoms with Crippen LogP contribution in [0.3, 0.4) is 0 Å². The van der Waals surface area contributed by atoms with E-state index in [0.717, 1.165) is 37.7 Å². The van der Waals surface area contributed by atoms with Crippen LogP contribution in [0.15, 0.2) is 0 Å². The number of aliphatic hydroxyl groups excluding tert-OH is 2. The summed E-state index contributed by atoms with van der Waals surface area (Å²) in [5.74, 6) is 2.66. The summed E-state index contributed by atoms with van der Waals surface area (Å²) in [5, 5.41) is 27.6. The first-order valence-corrected chi connectivity index (χ1v) is 7.08. The zero-order valence-electron chi connectivity index (χ0n) is 11.4. The summed E-state index contributed by atoms with van der Waals surface area (Å²) >= 11 is 0. The number of aliphatic hydroxyl groups is 2. The van der Waals surface area contributed by atoms with Gasteiger partial charge in [-0.25, -0.2) is 0 Å². The lowest BCUT2D eigenvalue weighted by Gasteiger charge is -2.34. The molecule has 1 saturated carbocycles. The highest BCUT2D eigenvalue weighted by Crippen LogP contribution is 2.38. The lowest BCUT2D eigenvalue weighted by atomic mass is 9.95. The average molecular weight is 266 g/mol. The first-order valence-electron chi connectivity index (χ1n) is 7.08. The Labute approximate surface area is 113 Å². The van der Waals surface area contributed by atoms with E-state index >= 15 is 0 Å². The third-order valence-corrected chi connectivity index (χ3v) is 4.32. The SMILES string of the molecule is Cn1c(CN2CCC(O)C(CO)C2)nnc1C1CC1.